The molecule has 1 aromatic heterocycles. The number of nitrogens with zero attached hydrogens (tertiary/aromatic N) is 4. The molecule has 0 radical (unpaired) electrons. The first-order valence-corrected chi connectivity index (χ1v) is 10.9. The van der Waals surface area contributed by atoms with Crippen LogP contribution in [0, 0.1) is 6.92 Å². The van der Waals surface area contributed by atoms with Crippen molar-refractivity contribution in [2.75, 3.05) is 43.9 Å². The standard InChI is InChI=1S/C24H27N5O3/c1-15-13-17-18(14-21(15)31-2)26-24(27-22(17)25)29-11-9-28(10-12-29)23(30)20-8-7-16-5-3-4-6-19(16)32-20/h3-6,13-14,20H,7-12H2,1-2H3,(H2,25,26,27). The van der Waals surface area contributed by atoms with Gasteiger partial charge < -0.3 is 25.0 Å². The molecule has 1 fully saturated rings. The highest BCUT2D eigenvalue weighted by Gasteiger charge is 2.32. The summed E-state index contributed by atoms with van der Waals surface area (Å²) in [4.78, 5) is 26.3. The number of carbonyl (C=O) groups is 1. The maximum absolute atomic E-state index is 13.1. The highest BCUT2D eigenvalue weighted by molar-refractivity contribution is 5.91. The lowest BCUT2D eigenvalue weighted by Gasteiger charge is -2.37. The molecule has 0 saturated carbocycles. The van der Waals surface area contributed by atoms with Gasteiger partial charge in [0.1, 0.15) is 17.3 Å². The topological polar surface area (TPSA) is 93.8 Å². The number of methoxy groups -OCH3 is 1. The number of para-hydroxylation sites is 1. The molecule has 0 aliphatic carbocycles. The zero-order chi connectivity index (χ0) is 22.2. The molecule has 1 atom stereocenters. The fraction of sp³-hybridized carbons (Fsp3) is 0.375. The van der Waals surface area contributed by atoms with Crippen molar-refractivity contribution < 1.29 is 14.3 Å². The molecule has 166 valence electrons. The summed E-state index contributed by atoms with van der Waals surface area (Å²) in [6.45, 7) is 4.44. The van der Waals surface area contributed by atoms with Crippen LogP contribution < -0.4 is 20.1 Å². The number of hydrogen-bond donors (Lipinski definition) is 1. The third kappa shape index (κ3) is 3.66. The van der Waals surface area contributed by atoms with Gasteiger partial charge in [0.15, 0.2) is 6.10 Å². The molecule has 2 aliphatic heterocycles. The summed E-state index contributed by atoms with van der Waals surface area (Å²) in [5.74, 6) is 2.67. The maximum Gasteiger partial charge on any atom is 0.263 e. The molecule has 0 bridgehead atoms. The third-order valence-electron chi connectivity index (χ3n) is 6.30. The number of fused-ring (bicyclic) bond motifs is 2. The van der Waals surface area contributed by atoms with Gasteiger partial charge in [-0.1, -0.05) is 18.2 Å². The number of aromatic nitrogens is 2. The van der Waals surface area contributed by atoms with Crippen molar-refractivity contribution in [2.45, 2.75) is 25.9 Å². The van der Waals surface area contributed by atoms with E-state index in [0.717, 1.165) is 34.4 Å². The smallest absolute Gasteiger partial charge is 0.263 e. The first-order chi connectivity index (χ1) is 15.5. The predicted molar refractivity (Wildman–Crippen MR) is 123 cm³/mol. The van der Waals surface area contributed by atoms with Crippen LogP contribution in [0.1, 0.15) is 17.5 Å². The number of ether oxygens (including phenoxy) is 2. The number of nitrogens with two attached hydrogens (primary N) is 1. The van der Waals surface area contributed by atoms with Crippen LogP contribution in [0.15, 0.2) is 36.4 Å². The zero-order valence-corrected chi connectivity index (χ0v) is 18.4. The largest absolute Gasteiger partial charge is 0.496 e. The summed E-state index contributed by atoms with van der Waals surface area (Å²) in [5.41, 5.74) is 9.14. The Morgan fingerprint density at radius 3 is 2.72 bits per heavy atom. The van der Waals surface area contributed by atoms with Crippen LogP contribution in [0.3, 0.4) is 0 Å². The van der Waals surface area contributed by atoms with Crippen molar-refractivity contribution in [1.29, 1.82) is 0 Å². The molecular weight excluding hydrogens is 406 g/mol. The van der Waals surface area contributed by atoms with Crippen molar-refractivity contribution in [2.24, 2.45) is 0 Å². The van der Waals surface area contributed by atoms with Gasteiger partial charge in [0.25, 0.3) is 5.91 Å². The summed E-state index contributed by atoms with van der Waals surface area (Å²) in [5, 5.41) is 0.815. The van der Waals surface area contributed by atoms with Gasteiger partial charge in [-0.2, -0.15) is 4.98 Å². The van der Waals surface area contributed by atoms with Gasteiger partial charge >= 0.3 is 0 Å². The molecule has 3 aromatic rings. The lowest BCUT2D eigenvalue weighted by Crippen LogP contribution is -2.53. The Kier molecular flexibility index (Phi) is 5.20. The summed E-state index contributed by atoms with van der Waals surface area (Å²) in [6, 6.07) is 11.8. The minimum atomic E-state index is -0.417. The van der Waals surface area contributed by atoms with E-state index in [0.29, 0.717) is 44.4 Å². The molecular formula is C24H27N5O3. The lowest BCUT2D eigenvalue weighted by molar-refractivity contribution is -0.139. The minimum Gasteiger partial charge on any atom is -0.496 e. The highest BCUT2D eigenvalue weighted by Crippen LogP contribution is 2.30. The van der Waals surface area contributed by atoms with Gasteiger partial charge in [-0.05, 0) is 43.0 Å². The van der Waals surface area contributed by atoms with E-state index in [1.807, 2.05) is 42.2 Å². The zero-order valence-electron chi connectivity index (χ0n) is 18.4. The molecule has 0 spiro atoms. The van der Waals surface area contributed by atoms with Crippen LogP contribution in [0.2, 0.25) is 0 Å². The number of amides is 1. The van der Waals surface area contributed by atoms with Crippen molar-refractivity contribution in [3.8, 4) is 11.5 Å². The van der Waals surface area contributed by atoms with Crippen molar-refractivity contribution in [3.63, 3.8) is 0 Å². The molecule has 8 heteroatoms. The van der Waals surface area contributed by atoms with E-state index in [1.165, 1.54) is 5.56 Å². The Labute approximate surface area is 186 Å². The van der Waals surface area contributed by atoms with Crippen LogP contribution >= 0.6 is 0 Å². The second kappa shape index (κ2) is 8.18. The van der Waals surface area contributed by atoms with Crippen molar-refractivity contribution in [1.82, 2.24) is 14.9 Å². The summed E-state index contributed by atoms with van der Waals surface area (Å²) in [7, 11) is 1.64. The van der Waals surface area contributed by atoms with Gasteiger partial charge in [0.05, 0.1) is 12.6 Å². The Morgan fingerprint density at radius 1 is 1.16 bits per heavy atom. The number of benzene rings is 2. The minimum absolute atomic E-state index is 0.0540. The quantitative estimate of drug-likeness (QED) is 0.678. The molecule has 1 unspecified atom stereocenters. The average Bonchev–Trinajstić information content (AvgIpc) is 2.83. The molecule has 3 heterocycles. The predicted octanol–water partition coefficient (Wildman–Crippen LogP) is 2.57. The lowest BCUT2D eigenvalue weighted by atomic mass is 10.0. The maximum atomic E-state index is 13.1. The Hall–Kier alpha value is -3.55. The molecule has 5 rings (SSSR count). The number of carbonyl (C=O) groups excluding carboxylic acids is 1. The molecule has 2 aromatic carbocycles. The van der Waals surface area contributed by atoms with Gasteiger partial charge in [-0.25, -0.2) is 4.98 Å². The van der Waals surface area contributed by atoms with Gasteiger partial charge in [0, 0.05) is 37.6 Å². The monoisotopic (exact) mass is 433 g/mol. The average molecular weight is 434 g/mol. The number of aryl methyl sites for hydroxylation is 2. The van der Waals surface area contributed by atoms with E-state index in [1.54, 1.807) is 7.11 Å². The van der Waals surface area contributed by atoms with Gasteiger partial charge in [-0.15, -0.1) is 0 Å². The number of nitrogen functional groups attached to an aromatic ring is 1. The molecule has 1 saturated heterocycles. The highest BCUT2D eigenvalue weighted by atomic mass is 16.5. The van der Waals surface area contributed by atoms with Crippen molar-refractivity contribution in [3.05, 3.63) is 47.5 Å². The number of rotatable bonds is 3. The van der Waals surface area contributed by atoms with Crippen LogP contribution in [0.4, 0.5) is 11.8 Å². The van der Waals surface area contributed by atoms with Crippen LogP contribution in [-0.2, 0) is 11.2 Å². The van der Waals surface area contributed by atoms with E-state index in [2.05, 4.69) is 16.0 Å². The van der Waals surface area contributed by atoms with E-state index >= 15 is 0 Å². The van der Waals surface area contributed by atoms with E-state index in [-0.39, 0.29) is 5.91 Å². The van der Waals surface area contributed by atoms with Crippen LogP contribution in [0.25, 0.3) is 10.9 Å². The number of hydrogen-bond acceptors (Lipinski definition) is 7. The molecule has 8 nitrogen and oxygen atoms in total. The van der Waals surface area contributed by atoms with Gasteiger partial charge in [0.2, 0.25) is 5.95 Å². The second-order valence-electron chi connectivity index (χ2n) is 8.31. The van der Waals surface area contributed by atoms with E-state index in [9.17, 15) is 4.79 Å². The SMILES string of the molecule is COc1cc2nc(N3CCN(C(=O)C4CCc5ccccc5O4)CC3)nc(N)c2cc1C. The second-order valence-corrected chi connectivity index (χ2v) is 8.31. The molecule has 2 N–H and O–H groups in total. The summed E-state index contributed by atoms with van der Waals surface area (Å²) >= 11 is 0. The van der Waals surface area contributed by atoms with E-state index < -0.39 is 6.10 Å². The Morgan fingerprint density at radius 2 is 1.94 bits per heavy atom. The normalized spacial score (nSPS) is 18.2. The first-order valence-electron chi connectivity index (χ1n) is 10.9. The Balaban J connectivity index is 1.28. The fourth-order valence-corrected chi connectivity index (χ4v) is 4.47. The van der Waals surface area contributed by atoms with Crippen molar-refractivity contribution >= 4 is 28.6 Å². The summed E-state index contributed by atoms with van der Waals surface area (Å²) in [6.07, 6.45) is 1.15. The third-order valence-corrected chi connectivity index (χ3v) is 6.30. The Bertz CT molecular complexity index is 1170. The fourth-order valence-electron chi connectivity index (χ4n) is 4.47. The number of anilines is 2. The molecule has 32 heavy (non-hydrogen) atoms. The molecule has 1 amide bonds. The summed E-state index contributed by atoms with van der Waals surface area (Å²) < 4.78 is 11.4. The van der Waals surface area contributed by atoms with Gasteiger partial charge in [-0.3, -0.25) is 4.79 Å². The van der Waals surface area contributed by atoms with Crippen LogP contribution in [0.5, 0.6) is 11.5 Å². The van der Waals surface area contributed by atoms with E-state index in [4.69, 9.17) is 20.2 Å². The number of piperazine rings is 1. The first kappa shape index (κ1) is 20.4. The molecule has 2 aliphatic rings. The van der Waals surface area contributed by atoms with Crippen LogP contribution in [-0.4, -0.2) is 60.2 Å².